The summed E-state index contributed by atoms with van der Waals surface area (Å²) in [6.07, 6.45) is -4.73. The average molecular weight is 299 g/mol. The summed E-state index contributed by atoms with van der Waals surface area (Å²) in [4.78, 5) is 0. The lowest BCUT2D eigenvalue weighted by atomic mass is 10.1. The van der Waals surface area contributed by atoms with E-state index in [2.05, 4.69) is 10.1 Å². The van der Waals surface area contributed by atoms with Gasteiger partial charge in [0.2, 0.25) is 0 Å². The zero-order valence-corrected chi connectivity index (χ0v) is 11.1. The fourth-order valence-corrected chi connectivity index (χ4v) is 1.89. The Morgan fingerprint density at radius 1 is 1.05 bits per heavy atom. The van der Waals surface area contributed by atoms with Gasteiger partial charge < -0.3 is 10.1 Å². The summed E-state index contributed by atoms with van der Waals surface area (Å²) in [6, 6.07) is 11.3. The molecule has 2 aromatic rings. The molecule has 2 nitrogen and oxygen atoms in total. The Bertz CT molecular complexity index is 613. The number of hydrogen-bond donors (Lipinski definition) is 1. The topological polar surface area (TPSA) is 21.3 Å². The van der Waals surface area contributed by atoms with Gasteiger partial charge in [0.15, 0.2) is 0 Å². The highest BCUT2D eigenvalue weighted by atomic mass is 19.4. The second-order valence-electron chi connectivity index (χ2n) is 4.50. The molecule has 2 rings (SSSR count). The Morgan fingerprint density at radius 3 is 2.43 bits per heavy atom. The first-order valence-electron chi connectivity index (χ1n) is 6.21. The molecule has 0 aromatic heterocycles. The first-order valence-corrected chi connectivity index (χ1v) is 6.21. The minimum atomic E-state index is -4.73. The van der Waals surface area contributed by atoms with Gasteiger partial charge in [-0.3, -0.25) is 0 Å². The van der Waals surface area contributed by atoms with E-state index in [9.17, 15) is 17.6 Å². The SMILES string of the molecule is CC(Nc1cccc(OC(F)(F)F)c1)c1cccc(F)c1. The van der Waals surface area contributed by atoms with Crippen LogP contribution in [0.1, 0.15) is 18.5 Å². The van der Waals surface area contributed by atoms with Gasteiger partial charge in [-0.15, -0.1) is 13.2 Å². The summed E-state index contributed by atoms with van der Waals surface area (Å²) in [5.74, 6) is -0.672. The van der Waals surface area contributed by atoms with Crippen molar-refractivity contribution < 1.29 is 22.3 Å². The molecule has 0 aliphatic heterocycles. The van der Waals surface area contributed by atoms with Crippen LogP contribution < -0.4 is 10.1 Å². The van der Waals surface area contributed by atoms with E-state index in [4.69, 9.17) is 0 Å². The number of benzene rings is 2. The number of alkyl halides is 3. The van der Waals surface area contributed by atoms with Crippen molar-refractivity contribution >= 4 is 5.69 Å². The van der Waals surface area contributed by atoms with E-state index in [1.807, 2.05) is 0 Å². The molecular weight excluding hydrogens is 286 g/mol. The van der Waals surface area contributed by atoms with Crippen LogP contribution >= 0.6 is 0 Å². The van der Waals surface area contributed by atoms with Crippen molar-refractivity contribution in [1.82, 2.24) is 0 Å². The molecule has 0 saturated heterocycles. The van der Waals surface area contributed by atoms with E-state index in [1.54, 1.807) is 25.1 Å². The zero-order valence-electron chi connectivity index (χ0n) is 11.1. The van der Waals surface area contributed by atoms with Crippen molar-refractivity contribution in [3.05, 3.63) is 59.9 Å². The third-order valence-electron chi connectivity index (χ3n) is 2.80. The molecule has 0 amide bonds. The van der Waals surface area contributed by atoms with Crippen molar-refractivity contribution in [3.63, 3.8) is 0 Å². The largest absolute Gasteiger partial charge is 0.573 e. The molecule has 2 aromatic carbocycles. The van der Waals surface area contributed by atoms with Crippen molar-refractivity contribution in [3.8, 4) is 5.75 Å². The summed E-state index contributed by atoms with van der Waals surface area (Å²) in [5.41, 5.74) is 1.14. The second-order valence-corrected chi connectivity index (χ2v) is 4.50. The summed E-state index contributed by atoms with van der Waals surface area (Å²) in [7, 11) is 0. The molecular formula is C15H13F4NO. The predicted molar refractivity (Wildman–Crippen MR) is 71.6 cm³/mol. The molecule has 1 unspecified atom stereocenters. The van der Waals surface area contributed by atoms with E-state index < -0.39 is 6.36 Å². The Hall–Kier alpha value is -2.24. The van der Waals surface area contributed by atoms with Gasteiger partial charge >= 0.3 is 6.36 Å². The fraction of sp³-hybridized carbons (Fsp3) is 0.200. The van der Waals surface area contributed by atoms with E-state index in [-0.39, 0.29) is 17.6 Å². The highest BCUT2D eigenvalue weighted by Gasteiger charge is 2.31. The van der Waals surface area contributed by atoms with Crippen LogP contribution in [0.3, 0.4) is 0 Å². The lowest BCUT2D eigenvalue weighted by Crippen LogP contribution is -2.17. The third kappa shape index (κ3) is 4.66. The molecule has 0 spiro atoms. The van der Waals surface area contributed by atoms with Crippen molar-refractivity contribution in [2.24, 2.45) is 0 Å². The van der Waals surface area contributed by atoms with Crippen LogP contribution in [0.4, 0.5) is 23.2 Å². The van der Waals surface area contributed by atoms with E-state index in [1.165, 1.54) is 30.3 Å². The molecule has 0 fully saturated rings. The summed E-state index contributed by atoms with van der Waals surface area (Å²) in [5, 5.41) is 3.00. The van der Waals surface area contributed by atoms with Crippen LogP contribution in [0, 0.1) is 5.82 Å². The summed E-state index contributed by atoms with van der Waals surface area (Å²) < 4.78 is 53.5. The molecule has 0 heterocycles. The van der Waals surface area contributed by atoms with E-state index >= 15 is 0 Å². The molecule has 0 bridgehead atoms. The Labute approximate surface area is 119 Å². The van der Waals surface area contributed by atoms with Crippen molar-refractivity contribution in [2.45, 2.75) is 19.3 Å². The Balaban J connectivity index is 2.11. The predicted octanol–water partition coefficient (Wildman–Crippen LogP) is 4.90. The van der Waals surface area contributed by atoms with Crippen molar-refractivity contribution in [2.75, 3.05) is 5.32 Å². The number of nitrogens with one attached hydrogen (secondary N) is 1. The maximum atomic E-state index is 13.1. The quantitative estimate of drug-likeness (QED) is 0.811. The van der Waals surface area contributed by atoms with Gasteiger partial charge in [0.1, 0.15) is 11.6 Å². The van der Waals surface area contributed by atoms with Crippen LogP contribution in [-0.4, -0.2) is 6.36 Å². The van der Waals surface area contributed by atoms with E-state index in [0.29, 0.717) is 11.3 Å². The molecule has 0 saturated carbocycles. The van der Waals surface area contributed by atoms with Gasteiger partial charge in [0.25, 0.3) is 0 Å². The summed E-state index contributed by atoms with van der Waals surface area (Å²) >= 11 is 0. The third-order valence-corrected chi connectivity index (χ3v) is 2.80. The number of rotatable bonds is 4. The molecule has 0 aliphatic rings. The van der Waals surface area contributed by atoms with Gasteiger partial charge in [0.05, 0.1) is 0 Å². The zero-order chi connectivity index (χ0) is 15.5. The van der Waals surface area contributed by atoms with Gasteiger partial charge in [-0.25, -0.2) is 4.39 Å². The highest BCUT2D eigenvalue weighted by molar-refractivity contribution is 5.49. The fourth-order valence-electron chi connectivity index (χ4n) is 1.89. The van der Waals surface area contributed by atoms with Crippen molar-refractivity contribution in [1.29, 1.82) is 0 Å². The lowest BCUT2D eigenvalue weighted by molar-refractivity contribution is -0.274. The molecule has 1 atom stereocenters. The van der Waals surface area contributed by atoms with Crippen LogP contribution in [0.25, 0.3) is 0 Å². The molecule has 1 N–H and O–H groups in total. The molecule has 0 radical (unpaired) electrons. The first kappa shape index (κ1) is 15.2. The Morgan fingerprint density at radius 2 is 1.76 bits per heavy atom. The minimum Gasteiger partial charge on any atom is -0.406 e. The molecule has 21 heavy (non-hydrogen) atoms. The maximum Gasteiger partial charge on any atom is 0.573 e. The van der Waals surface area contributed by atoms with Crippen LogP contribution in [0.15, 0.2) is 48.5 Å². The summed E-state index contributed by atoms with van der Waals surface area (Å²) in [6.45, 7) is 1.78. The molecule has 6 heteroatoms. The number of ether oxygens (including phenoxy) is 1. The first-order chi connectivity index (χ1) is 9.83. The van der Waals surface area contributed by atoms with Crippen LogP contribution in [0.2, 0.25) is 0 Å². The number of halogens is 4. The molecule has 0 aliphatic carbocycles. The number of hydrogen-bond acceptors (Lipinski definition) is 2. The van der Waals surface area contributed by atoms with Gasteiger partial charge in [-0.1, -0.05) is 18.2 Å². The van der Waals surface area contributed by atoms with E-state index in [0.717, 1.165) is 0 Å². The van der Waals surface area contributed by atoms with Gasteiger partial charge in [-0.2, -0.15) is 0 Å². The number of anilines is 1. The monoisotopic (exact) mass is 299 g/mol. The maximum absolute atomic E-state index is 13.1. The average Bonchev–Trinajstić information content (AvgIpc) is 2.37. The smallest absolute Gasteiger partial charge is 0.406 e. The highest BCUT2D eigenvalue weighted by Crippen LogP contribution is 2.27. The standard InChI is InChI=1S/C15H13F4NO/c1-10(11-4-2-5-12(16)8-11)20-13-6-3-7-14(9-13)21-15(17,18)19/h2-10,20H,1H3. The second kappa shape index (κ2) is 6.03. The van der Waals surface area contributed by atoms with Gasteiger partial charge in [0, 0.05) is 17.8 Å². The van der Waals surface area contributed by atoms with Crippen LogP contribution in [-0.2, 0) is 0 Å². The molecule has 112 valence electrons. The minimum absolute atomic E-state index is 0.262. The van der Waals surface area contributed by atoms with Gasteiger partial charge in [-0.05, 0) is 36.8 Å². The normalized spacial score (nSPS) is 12.8. The van der Waals surface area contributed by atoms with Crippen LogP contribution in [0.5, 0.6) is 5.75 Å². The Kier molecular flexibility index (Phi) is 4.35. The lowest BCUT2D eigenvalue weighted by Gasteiger charge is -2.17.